The maximum atomic E-state index is 11.0. The average molecular weight is 220 g/mol. The Labute approximate surface area is 90.8 Å². The first-order chi connectivity index (χ1) is 7.34. The van der Waals surface area contributed by atoms with Crippen LogP contribution >= 0.6 is 11.4 Å². The topological polar surface area (TPSA) is 48.6 Å². The molecule has 0 aliphatic heterocycles. The van der Waals surface area contributed by atoms with Crippen LogP contribution in [0.3, 0.4) is 0 Å². The first kappa shape index (κ1) is 9.98. The normalized spacial score (nSPS) is 12.1. The van der Waals surface area contributed by atoms with E-state index < -0.39 is 0 Å². The predicted octanol–water partition coefficient (Wildman–Crippen LogP) is 1.90. The lowest BCUT2D eigenvalue weighted by Crippen LogP contribution is -2.03. The summed E-state index contributed by atoms with van der Waals surface area (Å²) in [6, 6.07) is 11.7. The van der Waals surface area contributed by atoms with Gasteiger partial charge in [0.05, 0.1) is 0 Å². The summed E-state index contributed by atoms with van der Waals surface area (Å²) in [5.74, 6) is 0.900. The first-order valence-corrected chi connectivity index (χ1v) is 5.75. The van der Waals surface area contributed by atoms with Crippen molar-refractivity contribution >= 4 is 11.4 Å². The summed E-state index contributed by atoms with van der Waals surface area (Å²) in [5.41, 5.74) is 1.20. The SMILES string of the molecule is O=c1cc[nH]c(=[SH]Cc2ccccc2)[nH]1. The molecule has 0 fully saturated rings. The summed E-state index contributed by atoms with van der Waals surface area (Å²) in [6.07, 6.45) is 1.66. The molecule has 0 aliphatic carbocycles. The highest BCUT2D eigenvalue weighted by Gasteiger charge is 1.86. The highest BCUT2D eigenvalue weighted by atomic mass is 32.1. The van der Waals surface area contributed by atoms with Gasteiger partial charge in [-0.2, -0.15) is 11.4 Å². The van der Waals surface area contributed by atoms with Crippen molar-refractivity contribution in [2.45, 2.75) is 5.75 Å². The Morgan fingerprint density at radius 3 is 2.67 bits per heavy atom. The zero-order chi connectivity index (χ0) is 10.5. The third-order valence-corrected chi connectivity index (χ3v) is 3.04. The van der Waals surface area contributed by atoms with Gasteiger partial charge in [-0.05, 0) is 5.56 Å². The van der Waals surface area contributed by atoms with Crippen molar-refractivity contribution in [2.75, 3.05) is 0 Å². The van der Waals surface area contributed by atoms with E-state index in [0.717, 1.165) is 21.9 Å². The molecule has 1 aromatic carbocycles. The lowest BCUT2D eigenvalue weighted by Gasteiger charge is -1.94. The number of H-pyrrole nitrogens is 2. The molecule has 0 atom stereocenters. The molecule has 0 saturated carbocycles. The van der Waals surface area contributed by atoms with Gasteiger partial charge in [-0.25, -0.2) is 0 Å². The number of aromatic amines is 2. The molecule has 4 heteroatoms. The minimum Gasteiger partial charge on any atom is -0.343 e. The van der Waals surface area contributed by atoms with Gasteiger partial charge >= 0.3 is 0 Å². The number of aromatic nitrogens is 2. The van der Waals surface area contributed by atoms with E-state index in [-0.39, 0.29) is 5.56 Å². The second-order valence-electron chi connectivity index (χ2n) is 3.12. The second kappa shape index (κ2) is 4.79. The van der Waals surface area contributed by atoms with Crippen LogP contribution in [-0.4, -0.2) is 9.97 Å². The van der Waals surface area contributed by atoms with Crippen LogP contribution in [-0.2, 0) is 5.75 Å². The Morgan fingerprint density at radius 2 is 1.93 bits per heavy atom. The lowest BCUT2D eigenvalue weighted by molar-refractivity contribution is 1.09. The Balaban J connectivity index is 2.23. The Kier molecular flexibility index (Phi) is 3.19. The molecule has 78 valence electrons. The molecular formula is C11H12N2OS. The highest BCUT2D eigenvalue weighted by molar-refractivity contribution is 7.90. The minimum absolute atomic E-state index is 0.0655. The van der Waals surface area contributed by atoms with Gasteiger partial charge in [-0.1, -0.05) is 30.3 Å². The quantitative estimate of drug-likeness (QED) is 0.525. The van der Waals surface area contributed by atoms with E-state index in [2.05, 4.69) is 22.1 Å². The Bertz CT molecular complexity index is 542. The van der Waals surface area contributed by atoms with Crippen molar-refractivity contribution in [3.63, 3.8) is 0 Å². The third kappa shape index (κ3) is 2.95. The van der Waals surface area contributed by atoms with Gasteiger partial charge < -0.3 is 9.97 Å². The molecule has 1 heterocycles. The molecule has 0 spiro atoms. The molecular weight excluding hydrogens is 208 g/mol. The molecule has 0 bridgehead atoms. The second-order valence-corrected chi connectivity index (χ2v) is 4.20. The van der Waals surface area contributed by atoms with E-state index in [0.29, 0.717) is 0 Å². The van der Waals surface area contributed by atoms with E-state index in [1.165, 1.54) is 11.6 Å². The summed E-state index contributed by atoms with van der Waals surface area (Å²) in [5, 5.41) is 0. The van der Waals surface area contributed by atoms with Crippen LogP contribution in [0.25, 0.3) is 0 Å². The van der Waals surface area contributed by atoms with Gasteiger partial charge in [0, 0.05) is 18.0 Å². The molecule has 2 N–H and O–H groups in total. The summed E-state index contributed by atoms with van der Waals surface area (Å²) in [4.78, 5) is 16.8. The van der Waals surface area contributed by atoms with Gasteiger partial charge in [0.15, 0.2) is 0 Å². The van der Waals surface area contributed by atoms with Crippen LogP contribution in [0.5, 0.6) is 0 Å². The molecule has 2 rings (SSSR count). The van der Waals surface area contributed by atoms with E-state index >= 15 is 0 Å². The number of benzene rings is 1. The Morgan fingerprint density at radius 1 is 1.13 bits per heavy atom. The molecule has 0 amide bonds. The van der Waals surface area contributed by atoms with Crippen molar-refractivity contribution in [1.82, 2.24) is 9.97 Å². The van der Waals surface area contributed by atoms with E-state index in [4.69, 9.17) is 0 Å². The minimum atomic E-state index is -0.0655. The number of nitrogens with one attached hydrogen (secondary N) is 2. The molecule has 15 heavy (non-hydrogen) atoms. The van der Waals surface area contributed by atoms with E-state index in [1.807, 2.05) is 18.2 Å². The fraction of sp³-hybridized carbons (Fsp3) is 0.0909. The molecule has 0 aliphatic rings. The van der Waals surface area contributed by atoms with Crippen molar-refractivity contribution in [3.8, 4) is 0 Å². The van der Waals surface area contributed by atoms with Crippen LogP contribution in [0, 0.1) is 4.77 Å². The maximum absolute atomic E-state index is 11.0. The third-order valence-electron chi connectivity index (χ3n) is 1.96. The standard InChI is InChI=1S/C11H12N2OS/c14-10-6-7-12-11(13-10)15-8-9-4-2-1-3-5-9/h1-7,12,15H,8H2,(H,13,14). The van der Waals surface area contributed by atoms with Gasteiger partial charge in [0.2, 0.25) is 0 Å². The lowest BCUT2D eigenvalue weighted by atomic mass is 10.2. The van der Waals surface area contributed by atoms with Crippen LogP contribution in [0.1, 0.15) is 5.56 Å². The summed E-state index contributed by atoms with van der Waals surface area (Å²) in [6.45, 7) is 0. The maximum Gasteiger partial charge on any atom is 0.251 e. The van der Waals surface area contributed by atoms with Crippen LogP contribution in [0.4, 0.5) is 0 Å². The van der Waals surface area contributed by atoms with Crippen molar-refractivity contribution in [2.24, 2.45) is 0 Å². The first-order valence-electron chi connectivity index (χ1n) is 4.67. The van der Waals surface area contributed by atoms with Gasteiger partial charge in [-0.3, -0.25) is 4.79 Å². The monoisotopic (exact) mass is 220 g/mol. The van der Waals surface area contributed by atoms with Crippen molar-refractivity contribution in [3.05, 3.63) is 63.3 Å². The fourth-order valence-corrected chi connectivity index (χ4v) is 2.14. The van der Waals surface area contributed by atoms with E-state index in [9.17, 15) is 4.79 Å². The zero-order valence-corrected chi connectivity index (χ0v) is 9.00. The van der Waals surface area contributed by atoms with Gasteiger partial charge in [0.25, 0.3) is 5.56 Å². The smallest absolute Gasteiger partial charge is 0.251 e. The average Bonchev–Trinajstić information content (AvgIpc) is 2.28. The van der Waals surface area contributed by atoms with Crippen molar-refractivity contribution < 1.29 is 0 Å². The number of rotatable bonds is 2. The molecule has 2 aromatic rings. The van der Waals surface area contributed by atoms with Crippen LogP contribution in [0.2, 0.25) is 0 Å². The van der Waals surface area contributed by atoms with E-state index in [1.54, 1.807) is 6.20 Å². The molecule has 1 aromatic heterocycles. The van der Waals surface area contributed by atoms with Crippen molar-refractivity contribution in [1.29, 1.82) is 0 Å². The van der Waals surface area contributed by atoms with Gasteiger partial charge in [-0.15, -0.1) is 0 Å². The summed E-state index contributed by atoms with van der Waals surface area (Å²) >= 11 is 1.07. The Hall–Kier alpha value is -1.55. The zero-order valence-electron chi connectivity index (χ0n) is 8.10. The van der Waals surface area contributed by atoms with Crippen LogP contribution < -0.4 is 5.56 Å². The summed E-state index contributed by atoms with van der Waals surface area (Å²) in [7, 11) is 0. The predicted molar refractivity (Wildman–Crippen MR) is 63.8 cm³/mol. The fourth-order valence-electron chi connectivity index (χ4n) is 1.23. The van der Waals surface area contributed by atoms with Gasteiger partial charge in [0.1, 0.15) is 4.77 Å². The molecule has 0 unspecified atom stereocenters. The number of hydrogen-bond acceptors (Lipinski definition) is 1. The number of thiol groups is 1. The molecule has 3 nitrogen and oxygen atoms in total. The number of hydrogen-bond donors (Lipinski definition) is 3. The van der Waals surface area contributed by atoms with Crippen LogP contribution in [0.15, 0.2) is 47.4 Å². The molecule has 0 radical (unpaired) electrons. The summed E-state index contributed by atoms with van der Waals surface area (Å²) < 4.78 is 0.839. The highest BCUT2D eigenvalue weighted by Crippen LogP contribution is 2.05. The largest absolute Gasteiger partial charge is 0.343 e. The molecule has 0 saturated heterocycles.